The number of alkyl carbamates (subject to hydrolysis) is 1. The average molecular weight is 952 g/mol. The minimum atomic E-state index is -2.68. The molecule has 1 amide bonds. The van der Waals surface area contributed by atoms with Crippen LogP contribution in [0.1, 0.15) is 104 Å². The number of hydrogen-bond donors (Lipinski definition) is 4. The first kappa shape index (κ1) is 52.1. The molecule has 68 heavy (non-hydrogen) atoms. The van der Waals surface area contributed by atoms with Crippen molar-refractivity contribution in [3.8, 4) is 0 Å². The van der Waals surface area contributed by atoms with Crippen LogP contribution in [0.3, 0.4) is 0 Å². The monoisotopic (exact) mass is 951 g/mol. The van der Waals surface area contributed by atoms with Crippen LogP contribution in [0.5, 0.6) is 0 Å². The lowest BCUT2D eigenvalue weighted by Gasteiger charge is -2.67. The van der Waals surface area contributed by atoms with Crippen LogP contribution in [0.25, 0.3) is 0 Å². The van der Waals surface area contributed by atoms with Crippen LogP contribution in [0.2, 0.25) is 0 Å². The Labute approximate surface area is 395 Å². The summed E-state index contributed by atoms with van der Waals surface area (Å²) in [5.41, 5.74) is -8.92. The topological polar surface area (TPSA) is 249 Å². The second-order valence-electron chi connectivity index (χ2n) is 19.7. The summed E-state index contributed by atoms with van der Waals surface area (Å²) < 4.78 is 47.2. The number of amides is 1. The number of benzene rings is 2. The molecule has 0 spiro atoms. The fourth-order valence-corrected chi connectivity index (χ4v) is 10.5. The van der Waals surface area contributed by atoms with E-state index < -0.39 is 125 Å². The number of Topliss-reactive ketones (excluding diaryl/α,β-unsaturated/α-hetero) is 1. The molecule has 18 heteroatoms. The number of carbonyl (C=O) groups is 6. The Balaban J connectivity index is 1.53. The molecule has 2 saturated carbocycles. The highest BCUT2D eigenvalue weighted by Gasteiger charge is 2.79. The van der Waals surface area contributed by atoms with Crippen LogP contribution >= 0.6 is 0 Å². The Morgan fingerprint density at radius 3 is 2.13 bits per heavy atom. The van der Waals surface area contributed by atoms with Crippen LogP contribution in [0.4, 0.5) is 4.79 Å². The predicted octanol–water partition coefficient (Wildman–Crippen LogP) is 4.25. The first-order valence-corrected chi connectivity index (χ1v) is 22.9. The lowest BCUT2D eigenvalue weighted by atomic mass is 9.44. The van der Waals surface area contributed by atoms with E-state index in [0.717, 1.165) is 13.3 Å². The van der Waals surface area contributed by atoms with E-state index in [0.29, 0.717) is 12.2 Å². The van der Waals surface area contributed by atoms with Gasteiger partial charge in [0.05, 0.1) is 42.8 Å². The Morgan fingerprint density at radius 1 is 0.912 bits per heavy atom. The van der Waals surface area contributed by atoms with E-state index >= 15 is 9.59 Å². The smallest absolute Gasteiger partial charge is 0.408 e. The van der Waals surface area contributed by atoms with E-state index in [2.05, 4.69) is 5.32 Å². The molecule has 4 aliphatic rings. The molecule has 1 heterocycles. The molecule has 6 rings (SSSR count). The van der Waals surface area contributed by atoms with Gasteiger partial charge in [-0.1, -0.05) is 74.9 Å². The van der Waals surface area contributed by atoms with E-state index in [1.165, 1.54) is 32.9 Å². The summed E-state index contributed by atoms with van der Waals surface area (Å²) in [7, 11) is 0. The second-order valence-corrected chi connectivity index (χ2v) is 19.7. The molecule has 18 nitrogen and oxygen atoms in total. The number of ether oxygens (including phenoxy) is 8. The maximum Gasteiger partial charge on any atom is 0.408 e. The zero-order valence-corrected chi connectivity index (χ0v) is 40.1. The lowest BCUT2D eigenvalue weighted by molar-refractivity contribution is -0.350. The van der Waals surface area contributed by atoms with Gasteiger partial charge in [-0.05, 0) is 64.3 Å². The standard InChI is InChI=1S/C50H65NO17/c1-10-21-61-22-23-62-26-35(54)65-39(37(30-17-13-11-14-18-30)51-45(59)68-46(4,5)6)44(58)64-34-24-28(2)36-38(55)41(56)48(9)32(53)25-33-49(27-63-33,67-29(3)52)40(48)42(50(34,60)47(36,7)8)66-43(57)31-19-15-12-16-20-31/h11-20,32-34,37-40,42,53,55,60H,10,21-27H2,1-9H3,(H,51,59)/t32-,33+,34+,37-,38+,39+,40-,42-,48+,49-,50+/m0/s1. The summed E-state index contributed by atoms with van der Waals surface area (Å²) in [5, 5.41) is 41.0. The minimum absolute atomic E-state index is 0.00752. The minimum Gasteiger partial charge on any atom is -0.456 e. The van der Waals surface area contributed by atoms with Gasteiger partial charge in [-0.2, -0.15) is 0 Å². The molecular weight excluding hydrogens is 887 g/mol. The molecule has 3 aliphatic carbocycles. The van der Waals surface area contributed by atoms with Crippen molar-refractivity contribution in [2.24, 2.45) is 16.7 Å². The van der Waals surface area contributed by atoms with Gasteiger partial charge in [-0.25, -0.2) is 19.2 Å². The number of rotatable bonds is 16. The third kappa shape index (κ3) is 9.94. The molecule has 372 valence electrons. The molecule has 1 saturated heterocycles. The normalized spacial score (nSPS) is 30.4. The van der Waals surface area contributed by atoms with Gasteiger partial charge in [0.15, 0.2) is 11.4 Å². The van der Waals surface area contributed by atoms with Crippen LogP contribution in [-0.4, -0.2) is 138 Å². The molecule has 0 radical (unpaired) electrons. The summed E-state index contributed by atoms with van der Waals surface area (Å²) in [4.78, 5) is 85.0. The summed E-state index contributed by atoms with van der Waals surface area (Å²) in [6.45, 7) is 13.5. The zero-order chi connectivity index (χ0) is 50.0. The largest absolute Gasteiger partial charge is 0.456 e. The van der Waals surface area contributed by atoms with E-state index in [1.807, 2.05) is 6.92 Å². The zero-order valence-electron chi connectivity index (χ0n) is 40.1. The van der Waals surface area contributed by atoms with Gasteiger partial charge in [0.1, 0.15) is 48.3 Å². The Hall–Kier alpha value is -5.24. The first-order valence-electron chi connectivity index (χ1n) is 22.9. The van der Waals surface area contributed by atoms with Crippen molar-refractivity contribution in [1.82, 2.24) is 5.32 Å². The number of nitrogens with one attached hydrogen (secondary N) is 1. The van der Waals surface area contributed by atoms with Gasteiger partial charge >= 0.3 is 30.0 Å². The van der Waals surface area contributed by atoms with Crippen molar-refractivity contribution in [3.63, 3.8) is 0 Å². The molecule has 1 aliphatic heterocycles. The molecule has 2 bridgehead atoms. The quantitative estimate of drug-likeness (QED) is 0.0795. The molecule has 0 unspecified atom stereocenters. The SMILES string of the molecule is CCCOCCOCC(=O)O[C@@H](C(=O)O[C@@H]1CC(C)=C2[C@@H](O)C(=O)[C@@]3(C)[C@H]([C@H](OC(=O)c4ccccc4)[C@@]1(O)C2(C)C)[C@]1(OC(C)=O)CO[C@@H]1C[C@@H]3O)[C@@H](NC(=O)OC(C)(C)C)c1ccccc1. The first-order chi connectivity index (χ1) is 31.9. The van der Waals surface area contributed by atoms with Crippen LogP contribution in [-0.2, 0) is 57.1 Å². The fraction of sp³-hybridized carbons (Fsp3) is 0.600. The summed E-state index contributed by atoms with van der Waals surface area (Å²) in [5.74, 6) is -6.71. The summed E-state index contributed by atoms with van der Waals surface area (Å²) in [6.07, 6.45) is -11.3. The molecule has 2 aromatic rings. The maximum atomic E-state index is 15.2. The third-order valence-corrected chi connectivity index (χ3v) is 13.7. The average Bonchev–Trinajstić information content (AvgIpc) is 3.27. The number of ketones is 1. The van der Waals surface area contributed by atoms with Gasteiger partial charge in [0.2, 0.25) is 6.10 Å². The number of fused-ring (bicyclic) bond motifs is 5. The van der Waals surface area contributed by atoms with Crippen LogP contribution in [0.15, 0.2) is 71.8 Å². The summed E-state index contributed by atoms with van der Waals surface area (Å²) >= 11 is 0. The summed E-state index contributed by atoms with van der Waals surface area (Å²) in [6, 6.07) is 14.3. The van der Waals surface area contributed by atoms with E-state index in [9.17, 15) is 34.5 Å². The molecule has 3 fully saturated rings. The number of aliphatic hydroxyl groups excluding tert-OH is 2. The van der Waals surface area contributed by atoms with Crippen LogP contribution < -0.4 is 5.32 Å². The lowest BCUT2D eigenvalue weighted by Crippen LogP contribution is -2.83. The highest BCUT2D eigenvalue weighted by Crippen LogP contribution is 2.64. The number of esters is 4. The highest BCUT2D eigenvalue weighted by molar-refractivity contribution is 5.94. The number of aliphatic hydroxyl groups is 3. The van der Waals surface area contributed by atoms with Crippen molar-refractivity contribution in [3.05, 3.63) is 82.9 Å². The van der Waals surface area contributed by atoms with Gasteiger partial charge in [-0.3, -0.25) is 9.59 Å². The number of hydrogen-bond acceptors (Lipinski definition) is 17. The van der Waals surface area contributed by atoms with E-state index in [4.69, 9.17) is 37.9 Å². The van der Waals surface area contributed by atoms with E-state index in [1.54, 1.807) is 76.2 Å². The fourth-order valence-electron chi connectivity index (χ4n) is 10.5. The van der Waals surface area contributed by atoms with E-state index in [-0.39, 0.29) is 42.9 Å². The Bertz CT molecular complexity index is 2220. The van der Waals surface area contributed by atoms with Gasteiger partial charge in [0.25, 0.3) is 0 Å². The highest BCUT2D eigenvalue weighted by atomic mass is 16.6. The predicted molar refractivity (Wildman–Crippen MR) is 239 cm³/mol. The molecule has 2 aromatic carbocycles. The molecule has 0 aromatic heterocycles. The van der Waals surface area contributed by atoms with Gasteiger partial charge < -0.3 is 58.5 Å². The Kier molecular flexibility index (Phi) is 15.6. The van der Waals surface area contributed by atoms with Crippen molar-refractivity contribution in [2.75, 3.05) is 33.0 Å². The van der Waals surface area contributed by atoms with Gasteiger partial charge in [-0.15, -0.1) is 0 Å². The molecule has 11 atom stereocenters. The van der Waals surface area contributed by atoms with Crippen molar-refractivity contribution < 1.29 is 82.0 Å². The number of carbonyl (C=O) groups excluding carboxylic acids is 6. The Morgan fingerprint density at radius 2 is 1.54 bits per heavy atom. The second kappa shape index (κ2) is 20.4. The van der Waals surface area contributed by atoms with Gasteiger partial charge in [0, 0.05) is 31.8 Å². The molecule has 4 N–H and O–H groups in total. The third-order valence-electron chi connectivity index (χ3n) is 13.7. The van der Waals surface area contributed by atoms with Crippen LogP contribution in [0, 0.1) is 16.7 Å². The maximum absolute atomic E-state index is 15.2. The van der Waals surface area contributed by atoms with Crippen molar-refractivity contribution >= 4 is 35.8 Å². The van der Waals surface area contributed by atoms with Crippen molar-refractivity contribution in [1.29, 1.82) is 0 Å². The van der Waals surface area contributed by atoms with Crippen molar-refractivity contribution in [2.45, 2.75) is 141 Å². The molecular formula is C50H65NO17.